The van der Waals surface area contributed by atoms with Crippen molar-refractivity contribution in [3.05, 3.63) is 39.8 Å². The van der Waals surface area contributed by atoms with E-state index < -0.39 is 0 Å². The molecule has 182 valence electrons. The molecule has 8 rings (SSSR count). The Bertz CT molecular complexity index is 1400. The van der Waals surface area contributed by atoms with Crippen molar-refractivity contribution in [3.63, 3.8) is 0 Å². The van der Waals surface area contributed by atoms with E-state index in [1.807, 2.05) is 18.2 Å². The van der Waals surface area contributed by atoms with E-state index in [2.05, 4.69) is 32.5 Å². The van der Waals surface area contributed by atoms with Gasteiger partial charge < -0.3 is 24.8 Å². The van der Waals surface area contributed by atoms with Gasteiger partial charge >= 0.3 is 0 Å². The number of aromatic nitrogens is 3. The van der Waals surface area contributed by atoms with E-state index in [1.54, 1.807) is 17.8 Å². The highest BCUT2D eigenvalue weighted by Crippen LogP contribution is 2.42. The van der Waals surface area contributed by atoms with Crippen molar-refractivity contribution in [1.29, 1.82) is 0 Å². The zero-order valence-electron chi connectivity index (χ0n) is 19.8. The molecule has 0 amide bonds. The first-order valence-corrected chi connectivity index (χ1v) is 12.7. The fraction of sp³-hybridized carbons (Fsp3) is 0.480. The van der Waals surface area contributed by atoms with Crippen LogP contribution in [0.1, 0.15) is 25.7 Å². The maximum atomic E-state index is 13.0. The van der Waals surface area contributed by atoms with E-state index in [4.69, 9.17) is 21.3 Å². The van der Waals surface area contributed by atoms with E-state index in [0.717, 1.165) is 41.7 Å². The van der Waals surface area contributed by atoms with Crippen LogP contribution in [0, 0.1) is 5.92 Å². The number of anilines is 4. The summed E-state index contributed by atoms with van der Waals surface area (Å²) in [5.41, 5.74) is 2.36. The summed E-state index contributed by atoms with van der Waals surface area (Å²) in [5, 5.41) is 8.46. The molecule has 1 aliphatic carbocycles. The topological polar surface area (TPSA) is 87.5 Å². The standard InChI is InChI=1S/C25H28ClN7O2/c1-31-12-15-10-20(31)33(15)25-27-11-17(26)23(30-25)28-14-5-6-19-16(9-14)21-22(24(34)32(19)2)35-8-7-18(29-21)13-3-4-13/h5-6,9,11,13,15,18,20,29H,3-4,7-8,10,12H2,1-2H3,(H,27,28,30)/t15?,18-,20?/m1/s1. The molecule has 5 aliphatic rings. The first-order valence-electron chi connectivity index (χ1n) is 12.3. The molecular weight excluding hydrogens is 466 g/mol. The Morgan fingerprint density at radius 1 is 1.23 bits per heavy atom. The van der Waals surface area contributed by atoms with Crippen LogP contribution in [0.3, 0.4) is 0 Å². The van der Waals surface area contributed by atoms with Gasteiger partial charge in [-0.15, -0.1) is 0 Å². The lowest BCUT2D eigenvalue weighted by molar-refractivity contribution is 0.301. The molecule has 3 atom stereocenters. The normalized spacial score (nSPS) is 25.5. The Hall–Kier alpha value is -3.04. The van der Waals surface area contributed by atoms with Crippen LogP contribution in [-0.2, 0) is 7.05 Å². The molecule has 4 aliphatic heterocycles. The molecule has 0 spiro atoms. The third-order valence-electron chi connectivity index (χ3n) is 7.98. The van der Waals surface area contributed by atoms with Crippen LogP contribution in [0.15, 0.2) is 29.2 Å². The Labute approximate surface area is 208 Å². The van der Waals surface area contributed by atoms with Crippen LogP contribution in [-0.4, -0.2) is 57.9 Å². The summed E-state index contributed by atoms with van der Waals surface area (Å²) in [7, 11) is 3.92. The number of ether oxygens (including phenoxy) is 1. The molecule has 9 nitrogen and oxygen atoms in total. The number of hydrogen-bond acceptors (Lipinski definition) is 8. The average Bonchev–Trinajstić information content (AvgIpc) is 3.58. The summed E-state index contributed by atoms with van der Waals surface area (Å²) < 4.78 is 7.64. The highest BCUT2D eigenvalue weighted by molar-refractivity contribution is 6.33. The van der Waals surface area contributed by atoms with Gasteiger partial charge in [0.25, 0.3) is 5.56 Å². The minimum Gasteiger partial charge on any atom is -0.486 e. The molecule has 2 unspecified atom stereocenters. The quantitative estimate of drug-likeness (QED) is 0.570. The van der Waals surface area contributed by atoms with Gasteiger partial charge in [-0.25, -0.2) is 4.98 Å². The van der Waals surface area contributed by atoms with Crippen molar-refractivity contribution in [2.45, 2.75) is 43.9 Å². The van der Waals surface area contributed by atoms with Crippen LogP contribution < -0.4 is 25.8 Å². The minimum absolute atomic E-state index is 0.116. The monoisotopic (exact) mass is 493 g/mol. The van der Waals surface area contributed by atoms with Gasteiger partial charge in [-0.3, -0.25) is 9.69 Å². The van der Waals surface area contributed by atoms with Gasteiger partial charge in [-0.05, 0) is 44.0 Å². The summed E-state index contributed by atoms with van der Waals surface area (Å²) in [4.78, 5) is 26.9. The van der Waals surface area contributed by atoms with Gasteiger partial charge in [0.15, 0.2) is 5.82 Å². The summed E-state index contributed by atoms with van der Waals surface area (Å²) in [6.07, 6.45) is 6.52. The molecule has 35 heavy (non-hydrogen) atoms. The third kappa shape index (κ3) is 3.36. The maximum Gasteiger partial charge on any atom is 0.295 e. The number of likely N-dealkylation sites (N-methyl/N-ethyl adjacent to an activating group) is 1. The number of nitrogens with zero attached hydrogens (tertiary/aromatic N) is 5. The number of nitrogens with one attached hydrogen (secondary N) is 2. The second-order valence-corrected chi connectivity index (χ2v) is 10.6. The van der Waals surface area contributed by atoms with Gasteiger partial charge in [0.05, 0.1) is 30.2 Å². The summed E-state index contributed by atoms with van der Waals surface area (Å²) in [6.45, 7) is 1.58. The number of hydrogen-bond donors (Lipinski definition) is 2. The third-order valence-corrected chi connectivity index (χ3v) is 8.26. The molecule has 1 saturated carbocycles. The second kappa shape index (κ2) is 7.73. The zero-order valence-corrected chi connectivity index (χ0v) is 20.5. The molecule has 6 heterocycles. The largest absolute Gasteiger partial charge is 0.486 e. The lowest BCUT2D eigenvalue weighted by Crippen LogP contribution is -2.52. The predicted octanol–water partition coefficient (Wildman–Crippen LogP) is 3.55. The number of halogens is 1. The summed E-state index contributed by atoms with van der Waals surface area (Å²) in [5.74, 6) is 2.32. The van der Waals surface area contributed by atoms with Gasteiger partial charge in [0, 0.05) is 49.6 Å². The Balaban J connectivity index is 1.27. The van der Waals surface area contributed by atoms with Crippen LogP contribution in [0.2, 0.25) is 5.02 Å². The lowest BCUT2D eigenvalue weighted by atomic mass is 10.1. The average molecular weight is 494 g/mol. The van der Waals surface area contributed by atoms with Crippen LogP contribution in [0.25, 0.3) is 10.9 Å². The molecule has 2 bridgehead atoms. The fourth-order valence-corrected chi connectivity index (χ4v) is 6.00. The molecule has 2 N–H and O–H groups in total. The molecule has 0 radical (unpaired) electrons. The molecule has 3 saturated heterocycles. The highest BCUT2D eigenvalue weighted by atomic mass is 35.5. The number of pyridine rings is 1. The summed E-state index contributed by atoms with van der Waals surface area (Å²) >= 11 is 6.50. The van der Waals surface area contributed by atoms with Crippen molar-refractivity contribution in [1.82, 2.24) is 19.4 Å². The van der Waals surface area contributed by atoms with Gasteiger partial charge in [-0.1, -0.05) is 11.6 Å². The van der Waals surface area contributed by atoms with Crippen molar-refractivity contribution < 1.29 is 4.74 Å². The first kappa shape index (κ1) is 21.3. The second-order valence-electron chi connectivity index (χ2n) is 10.2. The summed E-state index contributed by atoms with van der Waals surface area (Å²) in [6, 6.07) is 6.73. The predicted molar refractivity (Wildman–Crippen MR) is 137 cm³/mol. The first-order chi connectivity index (χ1) is 17.0. The number of aryl methyl sites for hydroxylation is 1. The van der Waals surface area contributed by atoms with Gasteiger partial charge in [-0.2, -0.15) is 4.98 Å². The van der Waals surface area contributed by atoms with Crippen LogP contribution in [0.5, 0.6) is 5.75 Å². The Morgan fingerprint density at radius 2 is 2.09 bits per heavy atom. The lowest BCUT2D eigenvalue weighted by Gasteiger charge is -2.40. The minimum atomic E-state index is -0.116. The fourth-order valence-electron chi connectivity index (χ4n) is 5.86. The van der Waals surface area contributed by atoms with E-state index >= 15 is 0 Å². The molecule has 2 aromatic heterocycles. The maximum absolute atomic E-state index is 13.0. The smallest absolute Gasteiger partial charge is 0.295 e. The number of fused-ring (bicyclic) bond motifs is 4. The van der Waals surface area contributed by atoms with Crippen LogP contribution >= 0.6 is 11.6 Å². The van der Waals surface area contributed by atoms with Crippen molar-refractivity contribution in [3.8, 4) is 5.75 Å². The zero-order chi connectivity index (χ0) is 23.8. The molecule has 1 aromatic carbocycles. The van der Waals surface area contributed by atoms with Crippen molar-refractivity contribution >= 4 is 45.6 Å². The van der Waals surface area contributed by atoms with Gasteiger partial charge in [0.1, 0.15) is 5.02 Å². The molecule has 3 aromatic rings. The van der Waals surface area contributed by atoms with E-state index in [1.165, 1.54) is 12.8 Å². The highest BCUT2D eigenvalue weighted by Gasteiger charge is 2.49. The number of benzene rings is 1. The van der Waals surface area contributed by atoms with Crippen LogP contribution in [0.4, 0.5) is 23.1 Å². The Kier molecular flexibility index (Phi) is 4.70. The van der Waals surface area contributed by atoms with E-state index in [0.29, 0.717) is 53.3 Å². The Morgan fingerprint density at radius 3 is 2.83 bits per heavy atom. The van der Waals surface area contributed by atoms with E-state index in [9.17, 15) is 4.79 Å². The SMILES string of the molecule is CN1CC2CC1N2c1ncc(Cl)c(Nc2ccc3c(c2)c2c(c(=O)n3C)OCC[C@H](C3CC3)N2)n1. The van der Waals surface area contributed by atoms with Gasteiger partial charge in [0.2, 0.25) is 11.7 Å². The van der Waals surface area contributed by atoms with E-state index in [-0.39, 0.29) is 5.56 Å². The van der Waals surface area contributed by atoms with Crippen molar-refractivity contribution in [2.24, 2.45) is 13.0 Å². The van der Waals surface area contributed by atoms with Crippen molar-refractivity contribution in [2.75, 3.05) is 35.7 Å². The number of rotatable bonds is 4. The molecular formula is C25H28ClN7O2. The molecule has 4 fully saturated rings. The molecule has 10 heteroatoms.